The molecule has 0 fully saturated rings. The molecule has 0 saturated carbocycles. The molecule has 1 rings (SSSR count). The molecule has 0 saturated heterocycles. The Kier molecular flexibility index (Phi) is 6.01. The van der Waals surface area contributed by atoms with Crippen molar-refractivity contribution < 1.29 is 4.74 Å². The predicted molar refractivity (Wildman–Crippen MR) is 72.0 cm³/mol. The van der Waals surface area contributed by atoms with Gasteiger partial charge in [0.15, 0.2) is 0 Å². The normalized spacial score (nSPS) is 12.8. The van der Waals surface area contributed by atoms with Crippen molar-refractivity contribution in [1.82, 2.24) is 0 Å². The predicted octanol–water partition coefficient (Wildman–Crippen LogP) is 2.60. The number of rotatable bonds is 7. The van der Waals surface area contributed by atoms with E-state index in [1.54, 1.807) is 0 Å². The van der Waals surface area contributed by atoms with Crippen LogP contribution in [0.3, 0.4) is 0 Å². The summed E-state index contributed by atoms with van der Waals surface area (Å²) in [5.41, 5.74) is 12.8. The van der Waals surface area contributed by atoms with Gasteiger partial charge < -0.3 is 16.2 Å². The van der Waals surface area contributed by atoms with Gasteiger partial charge in [0.25, 0.3) is 0 Å². The third kappa shape index (κ3) is 4.75. The molecule has 0 amide bonds. The fraction of sp³-hybridized carbons (Fsp3) is 0.571. The minimum atomic E-state index is 0.0384. The summed E-state index contributed by atoms with van der Waals surface area (Å²) in [5, 5.41) is 0. The lowest BCUT2D eigenvalue weighted by atomic mass is 10.0. The maximum absolute atomic E-state index is 6.19. The third-order valence-corrected chi connectivity index (χ3v) is 2.65. The van der Waals surface area contributed by atoms with Gasteiger partial charge in [0.05, 0.1) is 6.10 Å². The molecule has 0 unspecified atom stereocenters. The molecule has 0 spiro atoms. The molecule has 0 aliphatic rings. The highest BCUT2D eigenvalue weighted by Crippen LogP contribution is 2.27. The lowest BCUT2D eigenvalue weighted by Gasteiger charge is -2.18. The summed E-state index contributed by atoms with van der Waals surface area (Å²) in [6.07, 6.45) is 3.22. The Bertz CT molecular complexity index is 326. The minimum absolute atomic E-state index is 0.0384. The van der Waals surface area contributed by atoms with Crippen LogP contribution in [-0.2, 0) is 0 Å². The van der Waals surface area contributed by atoms with Gasteiger partial charge in [-0.15, -0.1) is 0 Å². The topological polar surface area (TPSA) is 61.3 Å². The Labute approximate surface area is 104 Å². The van der Waals surface area contributed by atoms with E-state index in [9.17, 15) is 0 Å². The molecule has 4 N–H and O–H groups in total. The Morgan fingerprint density at radius 2 is 1.88 bits per heavy atom. The van der Waals surface area contributed by atoms with Gasteiger partial charge in [0.2, 0.25) is 0 Å². The molecule has 0 aliphatic heterocycles. The summed E-state index contributed by atoms with van der Waals surface area (Å²) < 4.78 is 5.77. The number of benzene rings is 1. The number of para-hydroxylation sites is 1. The number of hydrogen-bond donors (Lipinski definition) is 2. The average molecular weight is 236 g/mol. The monoisotopic (exact) mass is 236 g/mol. The highest BCUT2D eigenvalue weighted by Gasteiger charge is 2.12. The molecule has 3 heteroatoms. The maximum atomic E-state index is 6.19. The van der Waals surface area contributed by atoms with E-state index in [0.29, 0.717) is 0 Å². The quantitative estimate of drug-likeness (QED) is 0.715. The zero-order valence-corrected chi connectivity index (χ0v) is 10.9. The number of unbranched alkanes of at least 4 members (excludes halogenated alkanes) is 1. The van der Waals surface area contributed by atoms with Crippen LogP contribution in [0.2, 0.25) is 0 Å². The van der Waals surface area contributed by atoms with Crippen LogP contribution in [-0.4, -0.2) is 12.6 Å². The van der Waals surface area contributed by atoms with Crippen LogP contribution in [0.5, 0.6) is 5.75 Å². The highest BCUT2D eigenvalue weighted by molar-refractivity contribution is 5.35. The van der Waals surface area contributed by atoms with Crippen molar-refractivity contribution in [2.75, 3.05) is 6.54 Å². The Morgan fingerprint density at radius 1 is 1.18 bits per heavy atom. The molecule has 0 aliphatic carbocycles. The molecule has 0 radical (unpaired) electrons. The van der Waals surface area contributed by atoms with Crippen molar-refractivity contribution in [1.29, 1.82) is 0 Å². The van der Waals surface area contributed by atoms with E-state index in [2.05, 4.69) is 0 Å². The van der Waals surface area contributed by atoms with E-state index >= 15 is 0 Å². The van der Waals surface area contributed by atoms with Gasteiger partial charge in [0.1, 0.15) is 5.75 Å². The molecule has 17 heavy (non-hydrogen) atoms. The average Bonchev–Trinajstić information content (AvgIpc) is 2.29. The largest absolute Gasteiger partial charge is 0.491 e. The van der Waals surface area contributed by atoms with E-state index < -0.39 is 0 Å². The fourth-order valence-corrected chi connectivity index (χ4v) is 1.81. The van der Waals surface area contributed by atoms with Crippen LogP contribution in [0.25, 0.3) is 0 Å². The van der Waals surface area contributed by atoms with Gasteiger partial charge in [-0.25, -0.2) is 0 Å². The summed E-state index contributed by atoms with van der Waals surface area (Å²) in [7, 11) is 0. The smallest absolute Gasteiger partial charge is 0.124 e. The summed E-state index contributed by atoms with van der Waals surface area (Å²) in [6.45, 7) is 4.78. The van der Waals surface area contributed by atoms with Crippen LogP contribution in [0, 0.1) is 0 Å². The first-order valence-electron chi connectivity index (χ1n) is 6.36. The van der Waals surface area contributed by atoms with Crippen molar-refractivity contribution in [3.05, 3.63) is 29.8 Å². The summed E-state index contributed by atoms with van der Waals surface area (Å²) in [5.74, 6) is 0.905. The minimum Gasteiger partial charge on any atom is -0.491 e. The van der Waals surface area contributed by atoms with Crippen LogP contribution in [0.4, 0.5) is 0 Å². The molecular weight excluding hydrogens is 212 g/mol. The van der Waals surface area contributed by atoms with Gasteiger partial charge >= 0.3 is 0 Å². The number of nitrogens with two attached hydrogens (primary N) is 2. The Balaban J connectivity index is 2.67. The van der Waals surface area contributed by atoms with Crippen molar-refractivity contribution in [3.8, 4) is 5.75 Å². The SMILES string of the molecule is CC(C)Oc1ccccc1[C@@H](N)CCCCN. The molecule has 0 bridgehead atoms. The van der Waals surface area contributed by atoms with Crippen LogP contribution >= 0.6 is 0 Å². The standard InChI is InChI=1S/C14H24N2O/c1-11(2)17-14-9-4-3-7-12(14)13(16)8-5-6-10-15/h3-4,7,9,11,13H,5-6,8,10,15-16H2,1-2H3/t13-/m0/s1. The van der Waals surface area contributed by atoms with Crippen molar-refractivity contribution in [3.63, 3.8) is 0 Å². The van der Waals surface area contributed by atoms with E-state index in [4.69, 9.17) is 16.2 Å². The molecule has 0 aromatic heterocycles. The van der Waals surface area contributed by atoms with E-state index in [1.807, 2.05) is 38.1 Å². The van der Waals surface area contributed by atoms with E-state index in [-0.39, 0.29) is 12.1 Å². The lowest BCUT2D eigenvalue weighted by molar-refractivity contribution is 0.238. The molecule has 1 aromatic carbocycles. The highest BCUT2D eigenvalue weighted by atomic mass is 16.5. The molecule has 1 aromatic rings. The van der Waals surface area contributed by atoms with Crippen LogP contribution in [0.15, 0.2) is 24.3 Å². The molecular formula is C14H24N2O. The Hall–Kier alpha value is -1.06. The van der Waals surface area contributed by atoms with Crippen molar-refractivity contribution in [2.24, 2.45) is 11.5 Å². The number of ether oxygens (including phenoxy) is 1. The zero-order chi connectivity index (χ0) is 12.7. The second kappa shape index (κ2) is 7.30. The first kappa shape index (κ1) is 14.0. The molecule has 1 atom stereocenters. The first-order valence-corrected chi connectivity index (χ1v) is 6.36. The van der Waals surface area contributed by atoms with Crippen LogP contribution in [0.1, 0.15) is 44.7 Å². The Morgan fingerprint density at radius 3 is 2.53 bits per heavy atom. The van der Waals surface area contributed by atoms with Gasteiger partial charge in [-0.05, 0) is 39.3 Å². The molecule has 3 nitrogen and oxygen atoms in total. The molecule has 96 valence electrons. The second-order valence-corrected chi connectivity index (χ2v) is 4.60. The van der Waals surface area contributed by atoms with E-state index in [1.165, 1.54) is 0 Å². The lowest BCUT2D eigenvalue weighted by Crippen LogP contribution is -2.14. The molecule has 0 heterocycles. The van der Waals surface area contributed by atoms with Gasteiger partial charge in [-0.3, -0.25) is 0 Å². The second-order valence-electron chi connectivity index (χ2n) is 4.60. The van der Waals surface area contributed by atoms with Gasteiger partial charge in [-0.1, -0.05) is 24.6 Å². The summed E-state index contributed by atoms with van der Waals surface area (Å²) >= 11 is 0. The van der Waals surface area contributed by atoms with Crippen molar-refractivity contribution in [2.45, 2.75) is 45.3 Å². The van der Waals surface area contributed by atoms with Crippen LogP contribution < -0.4 is 16.2 Å². The van der Waals surface area contributed by atoms with Gasteiger partial charge in [0, 0.05) is 11.6 Å². The number of hydrogen-bond acceptors (Lipinski definition) is 3. The van der Waals surface area contributed by atoms with Crippen molar-refractivity contribution >= 4 is 0 Å². The van der Waals surface area contributed by atoms with E-state index in [0.717, 1.165) is 37.1 Å². The first-order chi connectivity index (χ1) is 8.15. The zero-order valence-electron chi connectivity index (χ0n) is 10.9. The summed E-state index contributed by atoms with van der Waals surface area (Å²) in [4.78, 5) is 0. The van der Waals surface area contributed by atoms with Gasteiger partial charge in [-0.2, -0.15) is 0 Å². The fourth-order valence-electron chi connectivity index (χ4n) is 1.81. The summed E-state index contributed by atoms with van der Waals surface area (Å²) in [6, 6.07) is 8.05. The maximum Gasteiger partial charge on any atom is 0.124 e. The third-order valence-electron chi connectivity index (χ3n) is 2.65.